The second-order valence-electron chi connectivity index (χ2n) is 8.75. The van der Waals surface area contributed by atoms with E-state index in [1.807, 2.05) is 0 Å². The number of para-hydroxylation sites is 2. The number of aliphatic carboxylic acids is 2. The Morgan fingerprint density at radius 1 is 1.03 bits per heavy atom. The third-order valence-corrected chi connectivity index (χ3v) is 5.68. The summed E-state index contributed by atoms with van der Waals surface area (Å²) in [6, 6.07) is 2.89. The summed E-state index contributed by atoms with van der Waals surface area (Å²) >= 11 is 0. The van der Waals surface area contributed by atoms with Gasteiger partial charge < -0.3 is 40.4 Å². The van der Waals surface area contributed by atoms with Crippen LogP contribution in [0.3, 0.4) is 0 Å². The number of nitrogens with one attached hydrogen (secondary N) is 2. The summed E-state index contributed by atoms with van der Waals surface area (Å²) in [7, 11) is 0. The van der Waals surface area contributed by atoms with E-state index >= 15 is 0 Å². The Balaban J connectivity index is 2.47. The Morgan fingerprint density at radius 3 is 2.18 bits per heavy atom. The van der Waals surface area contributed by atoms with Gasteiger partial charge in [0.15, 0.2) is 0 Å². The average Bonchev–Trinajstić information content (AvgIpc) is 2.97. The lowest BCUT2D eigenvalue weighted by molar-refractivity contribution is -0.142. The van der Waals surface area contributed by atoms with Gasteiger partial charge in [-0.15, -0.1) is 0 Å². The molecule has 39 heavy (non-hydrogen) atoms. The highest BCUT2D eigenvalue weighted by Crippen LogP contribution is 2.33. The lowest BCUT2D eigenvalue weighted by Crippen LogP contribution is -2.56. The van der Waals surface area contributed by atoms with Crippen molar-refractivity contribution in [2.45, 2.75) is 38.3 Å². The first kappa shape index (κ1) is 30.6. The molecule has 5 N–H and O–H groups in total. The van der Waals surface area contributed by atoms with Crippen molar-refractivity contribution in [3.8, 4) is 0 Å². The first-order valence-electron chi connectivity index (χ1n) is 11.7. The number of benzene rings is 1. The molecule has 2 rings (SSSR count). The Bertz CT molecular complexity index is 1150. The number of carbonyl (C=O) groups excluding carboxylic acids is 6. The third-order valence-electron chi connectivity index (χ3n) is 5.68. The number of amides is 4. The minimum atomic E-state index is -1.54. The summed E-state index contributed by atoms with van der Waals surface area (Å²) in [4.78, 5) is 98.7. The van der Waals surface area contributed by atoms with Gasteiger partial charge in [0, 0.05) is 6.42 Å². The number of aldehydes is 1. The highest BCUT2D eigenvalue weighted by molar-refractivity contribution is 6.10. The third kappa shape index (κ3) is 8.43. The summed E-state index contributed by atoms with van der Waals surface area (Å²) in [5.74, 6) is -8.17. The van der Waals surface area contributed by atoms with Gasteiger partial charge in [-0.3, -0.25) is 33.7 Å². The fourth-order valence-electron chi connectivity index (χ4n) is 4.00. The van der Waals surface area contributed by atoms with Gasteiger partial charge in [-0.25, -0.2) is 0 Å². The molecule has 1 aliphatic rings. The highest BCUT2D eigenvalue weighted by Gasteiger charge is 2.38. The van der Waals surface area contributed by atoms with Crippen LogP contribution in [0, 0.1) is 5.92 Å². The molecule has 0 spiro atoms. The molecule has 0 unspecified atom stereocenters. The lowest BCUT2D eigenvalue weighted by atomic mass is 9.97. The smallest absolute Gasteiger partial charge is 0.305 e. The van der Waals surface area contributed by atoms with Gasteiger partial charge >= 0.3 is 11.9 Å². The number of rotatable bonds is 13. The number of nitrogens with zero attached hydrogens (tertiary/aromatic N) is 2. The monoisotopic (exact) mass is 548 g/mol. The van der Waals surface area contributed by atoms with Crippen molar-refractivity contribution in [2.24, 2.45) is 5.92 Å². The number of hydrogen-bond acceptors (Lipinski definition) is 9. The van der Waals surface area contributed by atoms with E-state index in [0.29, 0.717) is 0 Å². The lowest BCUT2D eigenvalue weighted by Gasteiger charge is -2.26. The zero-order valence-corrected chi connectivity index (χ0v) is 20.9. The van der Waals surface area contributed by atoms with Crippen molar-refractivity contribution in [2.75, 3.05) is 29.5 Å². The largest absolute Gasteiger partial charge is 0.481 e. The van der Waals surface area contributed by atoms with E-state index in [-0.39, 0.29) is 17.7 Å². The van der Waals surface area contributed by atoms with Crippen LogP contribution in [0.2, 0.25) is 0 Å². The average molecular weight is 549 g/mol. The summed E-state index contributed by atoms with van der Waals surface area (Å²) in [6.07, 6.45) is -1.64. The van der Waals surface area contributed by atoms with E-state index in [1.54, 1.807) is 0 Å². The number of fused-ring (bicyclic) bond motifs is 1. The minimum absolute atomic E-state index is 0.0305. The second kappa shape index (κ2) is 13.8. The molecule has 15 heteroatoms. The molecule has 1 heterocycles. The standard InChI is InChI=1S/C24H28N4O11/c1-13(31)6-14(7-21(34)35)23(38)26-16-9-27(20(33)12-30)17-4-2-3-5-18(17)28(24(16)39)10-19(32)25-15(11-29)8-22(36)37/h2-5,11,14-16,30H,6-10,12H2,1H3,(H,25,32)(H,26,38)(H,34,35)(H,36,37)/t14-,15-,16-/m0/s1. The Labute approximate surface area is 221 Å². The van der Waals surface area contributed by atoms with Crippen LogP contribution in [0.25, 0.3) is 0 Å². The molecular weight excluding hydrogens is 520 g/mol. The van der Waals surface area contributed by atoms with Gasteiger partial charge in [0.05, 0.1) is 42.7 Å². The van der Waals surface area contributed by atoms with Gasteiger partial charge in [-0.05, 0) is 19.1 Å². The number of ketones is 1. The normalized spacial score (nSPS) is 16.3. The van der Waals surface area contributed by atoms with Crippen molar-refractivity contribution in [3.63, 3.8) is 0 Å². The minimum Gasteiger partial charge on any atom is -0.481 e. The van der Waals surface area contributed by atoms with Gasteiger partial charge in [0.25, 0.3) is 11.8 Å². The van der Waals surface area contributed by atoms with Gasteiger partial charge in [0.1, 0.15) is 31.3 Å². The van der Waals surface area contributed by atoms with Gasteiger partial charge in [-0.1, -0.05) is 12.1 Å². The number of aliphatic hydroxyl groups excluding tert-OH is 1. The predicted molar refractivity (Wildman–Crippen MR) is 131 cm³/mol. The first-order valence-corrected chi connectivity index (χ1v) is 11.7. The fourth-order valence-corrected chi connectivity index (χ4v) is 4.00. The molecule has 0 fully saturated rings. The maximum absolute atomic E-state index is 13.6. The van der Waals surface area contributed by atoms with E-state index in [0.717, 1.165) is 16.7 Å². The quantitative estimate of drug-likeness (QED) is 0.171. The van der Waals surface area contributed by atoms with Crippen LogP contribution < -0.4 is 20.4 Å². The summed E-state index contributed by atoms with van der Waals surface area (Å²) < 4.78 is 0. The molecule has 0 aromatic heterocycles. The Kier molecular flexibility index (Phi) is 10.8. The fraction of sp³-hybridized carbons (Fsp3) is 0.417. The van der Waals surface area contributed by atoms with E-state index in [9.17, 15) is 43.5 Å². The Morgan fingerprint density at radius 2 is 1.64 bits per heavy atom. The number of carboxylic acid groups (broad SMARTS) is 2. The number of anilines is 2. The van der Waals surface area contributed by atoms with Crippen LogP contribution in [0.4, 0.5) is 11.4 Å². The number of aliphatic hydroxyl groups is 1. The Hall–Kier alpha value is -4.66. The van der Waals surface area contributed by atoms with Crippen molar-refractivity contribution < 1.29 is 53.7 Å². The molecule has 15 nitrogen and oxygen atoms in total. The first-order chi connectivity index (χ1) is 18.4. The van der Waals surface area contributed by atoms with Crippen LogP contribution in [0.5, 0.6) is 0 Å². The number of carbonyl (C=O) groups is 8. The van der Waals surface area contributed by atoms with Crippen molar-refractivity contribution >= 4 is 59.0 Å². The molecule has 0 bridgehead atoms. The summed E-state index contributed by atoms with van der Waals surface area (Å²) in [6.45, 7) is -1.06. The molecular formula is C24H28N4O11. The topological polar surface area (TPSA) is 228 Å². The maximum atomic E-state index is 13.6. The van der Waals surface area contributed by atoms with E-state index in [4.69, 9.17) is 10.2 Å². The molecule has 0 aliphatic carbocycles. The van der Waals surface area contributed by atoms with Crippen LogP contribution in [-0.4, -0.2) is 94.7 Å². The summed E-state index contributed by atoms with van der Waals surface area (Å²) in [5.41, 5.74) is 0.126. The maximum Gasteiger partial charge on any atom is 0.305 e. The molecule has 1 aromatic rings. The van der Waals surface area contributed by atoms with Crippen LogP contribution >= 0.6 is 0 Å². The van der Waals surface area contributed by atoms with Crippen LogP contribution in [0.15, 0.2) is 24.3 Å². The molecule has 1 aliphatic heterocycles. The van der Waals surface area contributed by atoms with Gasteiger partial charge in [-0.2, -0.15) is 0 Å². The molecule has 0 saturated heterocycles. The highest BCUT2D eigenvalue weighted by atomic mass is 16.4. The molecule has 1 aromatic carbocycles. The number of carboxylic acids is 2. The van der Waals surface area contributed by atoms with Crippen molar-refractivity contribution in [1.82, 2.24) is 10.6 Å². The van der Waals surface area contributed by atoms with E-state index in [1.165, 1.54) is 24.3 Å². The molecule has 3 atom stereocenters. The van der Waals surface area contributed by atoms with Crippen molar-refractivity contribution in [3.05, 3.63) is 24.3 Å². The second-order valence-corrected chi connectivity index (χ2v) is 8.75. The van der Waals surface area contributed by atoms with E-state index < -0.39 is 98.3 Å². The van der Waals surface area contributed by atoms with Crippen LogP contribution in [-0.2, 0) is 38.4 Å². The summed E-state index contributed by atoms with van der Waals surface area (Å²) in [5, 5.41) is 32.1. The number of hydrogen-bond donors (Lipinski definition) is 5. The predicted octanol–water partition coefficient (Wildman–Crippen LogP) is -1.93. The van der Waals surface area contributed by atoms with Gasteiger partial charge in [0.2, 0.25) is 11.8 Å². The number of Topliss-reactive ketones (excluding diaryl/α,β-unsaturated/α-hetero) is 1. The van der Waals surface area contributed by atoms with E-state index in [2.05, 4.69) is 10.6 Å². The zero-order valence-electron chi connectivity index (χ0n) is 20.9. The molecule has 0 radical (unpaired) electrons. The SMILES string of the molecule is CC(=O)C[C@@H](CC(=O)O)C(=O)N[C@H]1CN(C(=O)CO)c2ccccc2N(CC(=O)N[C@H](C=O)CC(=O)O)C1=O. The van der Waals surface area contributed by atoms with Crippen LogP contribution in [0.1, 0.15) is 26.2 Å². The molecule has 210 valence electrons. The molecule has 4 amide bonds. The molecule has 0 saturated carbocycles. The zero-order chi connectivity index (χ0) is 29.3. The van der Waals surface area contributed by atoms with Crippen molar-refractivity contribution in [1.29, 1.82) is 0 Å².